The van der Waals surface area contributed by atoms with Crippen molar-refractivity contribution in [1.82, 2.24) is 5.32 Å². The van der Waals surface area contributed by atoms with Crippen LogP contribution in [0.1, 0.15) is 69.6 Å². The van der Waals surface area contributed by atoms with Gasteiger partial charge < -0.3 is 5.32 Å². The summed E-state index contributed by atoms with van der Waals surface area (Å²) in [6.45, 7) is 10.4. The van der Waals surface area contributed by atoms with Gasteiger partial charge in [0.2, 0.25) is 0 Å². The van der Waals surface area contributed by atoms with Crippen LogP contribution in [0, 0.1) is 5.92 Å². The Balaban J connectivity index is 1.89. The van der Waals surface area contributed by atoms with Crippen molar-refractivity contribution in [3.8, 4) is 0 Å². The van der Waals surface area contributed by atoms with E-state index in [1.807, 2.05) is 11.3 Å². The highest BCUT2D eigenvalue weighted by Gasteiger charge is 2.20. The Morgan fingerprint density at radius 2 is 1.89 bits per heavy atom. The molecule has 0 saturated heterocycles. The Morgan fingerprint density at radius 3 is 2.58 bits per heavy atom. The quantitative estimate of drug-likeness (QED) is 0.759. The molecule has 1 nitrogen and oxygen atoms in total. The Morgan fingerprint density at radius 1 is 1.16 bits per heavy atom. The molecular weight excluding hydrogens is 250 g/mol. The largest absolute Gasteiger partial charge is 0.309 e. The van der Waals surface area contributed by atoms with Gasteiger partial charge in [-0.05, 0) is 36.3 Å². The molecule has 0 aliphatic heterocycles. The normalized spacial score (nSPS) is 25.3. The predicted molar refractivity (Wildman–Crippen MR) is 85.9 cm³/mol. The molecular formula is C17H29NS. The molecule has 2 unspecified atom stereocenters. The Hall–Kier alpha value is -0.340. The fourth-order valence-corrected chi connectivity index (χ4v) is 3.92. The van der Waals surface area contributed by atoms with E-state index >= 15 is 0 Å². The SMILES string of the molecule is CC1CCCCCC1NCc1ccc(C(C)(C)C)s1. The summed E-state index contributed by atoms with van der Waals surface area (Å²) in [7, 11) is 0. The maximum Gasteiger partial charge on any atom is 0.0302 e. The second-order valence-electron chi connectivity index (χ2n) is 7.12. The van der Waals surface area contributed by atoms with Crippen LogP contribution in [0.2, 0.25) is 0 Å². The van der Waals surface area contributed by atoms with Gasteiger partial charge in [-0.15, -0.1) is 11.3 Å². The van der Waals surface area contributed by atoms with E-state index in [1.54, 1.807) is 0 Å². The average molecular weight is 279 g/mol. The van der Waals surface area contributed by atoms with Gasteiger partial charge in [-0.1, -0.05) is 47.0 Å². The highest BCUT2D eigenvalue weighted by Crippen LogP contribution is 2.30. The topological polar surface area (TPSA) is 12.0 Å². The summed E-state index contributed by atoms with van der Waals surface area (Å²) < 4.78 is 0. The molecule has 1 fully saturated rings. The lowest BCUT2D eigenvalue weighted by Crippen LogP contribution is -2.33. The van der Waals surface area contributed by atoms with E-state index in [-0.39, 0.29) is 0 Å². The fraction of sp³-hybridized carbons (Fsp3) is 0.765. The lowest BCUT2D eigenvalue weighted by molar-refractivity contribution is 0.357. The summed E-state index contributed by atoms with van der Waals surface area (Å²) >= 11 is 1.97. The third-order valence-corrected chi connectivity index (χ3v) is 5.81. The smallest absolute Gasteiger partial charge is 0.0302 e. The molecule has 1 heterocycles. The van der Waals surface area contributed by atoms with Crippen LogP contribution in [-0.2, 0) is 12.0 Å². The van der Waals surface area contributed by atoms with Crippen LogP contribution in [0.4, 0.5) is 0 Å². The zero-order valence-electron chi connectivity index (χ0n) is 13.0. The van der Waals surface area contributed by atoms with Gasteiger partial charge in [0, 0.05) is 22.3 Å². The molecule has 1 aliphatic carbocycles. The molecule has 0 amide bonds. The van der Waals surface area contributed by atoms with Gasteiger partial charge in [0.1, 0.15) is 0 Å². The number of thiophene rings is 1. The van der Waals surface area contributed by atoms with Crippen molar-refractivity contribution in [3.63, 3.8) is 0 Å². The van der Waals surface area contributed by atoms with Gasteiger partial charge in [-0.2, -0.15) is 0 Å². The molecule has 0 radical (unpaired) electrons. The minimum atomic E-state index is 0.290. The highest BCUT2D eigenvalue weighted by molar-refractivity contribution is 7.12. The third-order valence-electron chi connectivity index (χ3n) is 4.30. The van der Waals surface area contributed by atoms with Crippen molar-refractivity contribution >= 4 is 11.3 Å². The van der Waals surface area contributed by atoms with Gasteiger partial charge in [0.15, 0.2) is 0 Å². The standard InChI is InChI=1S/C17H29NS/c1-13-8-6-5-7-9-15(13)18-12-14-10-11-16(19-14)17(2,3)4/h10-11,13,15,18H,5-9,12H2,1-4H3. The van der Waals surface area contributed by atoms with Crippen LogP contribution >= 0.6 is 11.3 Å². The van der Waals surface area contributed by atoms with Crippen molar-refractivity contribution in [2.75, 3.05) is 0 Å². The fourth-order valence-electron chi connectivity index (χ4n) is 2.90. The molecule has 0 spiro atoms. The van der Waals surface area contributed by atoms with Crippen LogP contribution in [0.15, 0.2) is 12.1 Å². The lowest BCUT2D eigenvalue weighted by atomic mass is 9.95. The predicted octanol–water partition coefficient (Wildman–Crippen LogP) is 5.10. The van der Waals surface area contributed by atoms with E-state index in [4.69, 9.17) is 0 Å². The summed E-state index contributed by atoms with van der Waals surface area (Å²) in [5.74, 6) is 0.838. The molecule has 19 heavy (non-hydrogen) atoms. The summed E-state index contributed by atoms with van der Waals surface area (Å²) in [6.07, 6.45) is 7.01. The van der Waals surface area contributed by atoms with E-state index < -0.39 is 0 Å². The third kappa shape index (κ3) is 4.32. The minimum absolute atomic E-state index is 0.290. The van der Waals surface area contributed by atoms with Crippen LogP contribution in [0.5, 0.6) is 0 Å². The first-order valence-corrected chi connectivity index (χ1v) is 8.61. The van der Waals surface area contributed by atoms with Gasteiger partial charge in [0.25, 0.3) is 0 Å². The molecule has 1 aromatic heterocycles. The van der Waals surface area contributed by atoms with Gasteiger partial charge in [0.05, 0.1) is 0 Å². The monoisotopic (exact) mass is 279 g/mol. The van der Waals surface area contributed by atoms with Crippen LogP contribution < -0.4 is 5.32 Å². The molecule has 1 aliphatic rings. The molecule has 1 aromatic rings. The van der Waals surface area contributed by atoms with E-state index in [9.17, 15) is 0 Å². The number of hydrogen-bond acceptors (Lipinski definition) is 2. The molecule has 1 saturated carbocycles. The Kier molecular flexibility index (Phi) is 5.08. The van der Waals surface area contributed by atoms with Crippen LogP contribution in [-0.4, -0.2) is 6.04 Å². The molecule has 2 rings (SSSR count). The summed E-state index contributed by atoms with van der Waals surface area (Å²) in [4.78, 5) is 2.99. The first-order chi connectivity index (χ1) is 8.97. The molecule has 2 heteroatoms. The van der Waals surface area contributed by atoms with E-state index in [0.29, 0.717) is 5.41 Å². The van der Waals surface area contributed by atoms with Crippen molar-refractivity contribution in [2.24, 2.45) is 5.92 Å². The van der Waals surface area contributed by atoms with Crippen molar-refractivity contribution in [1.29, 1.82) is 0 Å². The number of hydrogen-bond donors (Lipinski definition) is 1. The second kappa shape index (κ2) is 6.41. The molecule has 0 aromatic carbocycles. The summed E-state index contributed by atoms with van der Waals surface area (Å²) in [5, 5.41) is 3.80. The van der Waals surface area contributed by atoms with E-state index in [0.717, 1.165) is 18.5 Å². The zero-order valence-corrected chi connectivity index (χ0v) is 13.8. The lowest BCUT2D eigenvalue weighted by Gasteiger charge is -2.22. The highest BCUT2D eigenvalue weighted by atomic mass is 32.1. The van der Waals surface area contributed by atoms with E-state index in [2.05, 4.69) is 45.1 Å². The maximum absolute atomic E-state index is 3.80. The number of rotatable bonds is 3. The molecule has 1 N–H and O–H groups in total. The first-order valence-electron chi connectivity index (χ1n) is 7.79. The van der Waals surface area contributed by atoms with Crippen LogP contribution in [0.3, 0.4) is 0 Å². The average Bonchev–Trinajstić information content (AvgIpc) is 2.72. The maximum atomic E-state index is 3.80. The van der Waals surface area contributed by atoms with Gasteiger partial charge in [-0.3, -0.25) is 0 Å². The van der Waals surface area contributed by atoms with Gasteiger partial charge >= 0.3 is 0 Å². The van der Waals surface area contributed by atoms with Crippen molar-refractivity contribution < 1.29 is 0 Å². The minimum Gasteiger partial charge on any atom is -0.309 e. The first kappa shape index (κ1) is 15.1. The Bertz CT molecular complexity index is 388. The summed E-state index contributed by atoms with van der Waals surface area (Å²) in [6, 6.07) is 5.33. The molecule has 2 atom stereocenters. The zero-order chi connectivity index (χ0) is 13.9. The van der Waals surface area contributed by atoms with Crippen molar-refractivity contribution in [3.05, 3.63) is 21.9 Å². The second-order valence-corrected chi connectivity index (χ2v) is 8.29. The Labute approximate surface area is 122 Å². The van der Waals surface area contributed by atoms with Crippen molar-refractivity contribution in [2.45, 2.75) is 77.8 Å². The molecule has 0 bridgehead atoms. The van der Waals surface area contributed by atoms with Crippen LogP contribution in [0.25, 0.3) is 0 Å². The van der Waals surface area contributed by atoms with E-state index in [1.165, 1.54) is 41.9 Å². The summed E-state index contributed by atoms with van der Waals surface area (Å²) in [5.41, 5.74) is 0.290. The number of nitrogens with one attached hydrogen (secondary N) is 1. The van der Waals surface area contributed by atoms with Gasteiger partial charge in [-0.25, -0.2) is 0 Å². The molecule has 108 valence electrons.